The molecule has 1 aromatic rings. The Kier molecular flexibility index (Phi) is 3.35. The third-order valence-corrected chi connectivity index (χ3v) is 2.31. The summed E-state index contributed by atoms with van der Waals surface area (Å²) >= 11 is 0. The highest BCUT2D eigenvalue weighted by Gasteiger charge is 2.21. The lowest BCUT2D eigenvalue weighted by Gasteiger charge is -2.06. The summed E-state index contributed by atoms with van der Waals surface area (Å²) in [6.45, 7) is 0.628. The Morgan fingerprint density at radius 3 is 3.06 bits per heavy atom. The van der Waals surface area contributed by atoms with Crippen molar-refractivity contribution in [3.8, 4) is 0 Å². The maximum atomic E-state index is 5.35. The Balaban J connectivity index is 1.77. The first-order valence-electron chi connectivity index (χ1n) is 5.40. The molecule has 0 bridgehead atoms. The summed E-state index contributed by atoms with van der Waals surface area (Å²) in [7, 11) is 1.85. The number of nitrogens with zero attached hydrogens (tertiary/aromatic N) is 4. The molecule has 0 unspecified atom stereocenters. The van der Waals surface area contributed by atoms with Crippen molar-refractivity contribution in [1.82, 2.24) is 25.5 Å². The van der Waals surface area contributed by atoms with E-state index in [1.165, 1.54) is 12.8 Å². The van der Waals surface area contributed by atoms with Crippen LogP contribution in [0.3, 0.4) is 0 Å². The fourth-order valence-corrected chi connectivity index (χ4v) is 1.32. The van der Waals surface area contributed by atoms with Crippen LogP contribution in [0.25, 0.3) is 0 Å². The van der Waals surface area contributed by atoms with Crippen molar-refractivity contribution in [2.24, 2.45) is 17.9 Å². The lowest BCUT2D eigenvalue weighted by atomic mass is 10.4. The summed E-state index contributed by atoms with van der Waals surface area (Å²) < 4.78 is 1.68. The second-order valence-electron chi connectivity index (χ2n) is 3.88. The number of guanidine groups is 1. The Labute approximate surface area is 94.1 Å². The maximum Gasteiger partial charge on any atom is 0.205 e. The largest absolute Gasteiger partial charge is 0.353 e. The van der Waals surface area contributed by atoms with Crippen molar-refractivity contribution >= 4 is 5.96 Å². The molecule has 16 heavy (non-hydrogen) atoms. The van der Waals surface area contributed by atoms with Crippen LogP contribution in [0.2, 0.25) is 0 Å². The molecule has 0 spiro atoms. The van der Waals surface area contributed by atoms with E-state index in [0.29, 0.717) is 18.5 Å². The Bertz CT molecular complexity index is 366. The normalized spacial score (nSPS) is 16.2. The summed E-state index contributed by atoms with van der Waals surface area (Å²) in [5.41, 5.74) is 2.56. The number of hydrazine groups is 1. The molecule has 4 N–H and O–H groups in total. The molecular formula is C9H17N7. The van der Waals surface area contributed by atoms with E-state index in [4.69, 9.17) is 5.84 Å². The number of hydrogen-bond acceptors (Lipinski definition) is 4. The molecule has 1 heterocycles. The minimum absolute atomic E-state index is 0.544. The molecule has 1 fully saturated rings. The zero-order valence-corrected chi connectivity index (χ0v) is 9.35. The van der Waals surface area contributed by atoms with Gasteiger partial charge in [-0.1, -0.05) is 0 Å². The minimum atomic E-state index is 0.544. The van der Waals surface area contributed by atoms with Crippen molar-refractivity contribution in [3.05, 3.63) is 12.2 Å². The molecule has 7 heteroatoms. The van der Waals surface area contributed by atoms with Gasteiger partial charge >= 0.3 is 0 Å². The lowest BCUT2D eigenvalue weighted by Crippen LogP contribution is -2.42. The summed E-state index contributed by atoms with van der Waals surface area (Å²) in [5, 5.41) is 7.37. The Morgan fingerprint density at radius 1 is 1.69 bits per heavy atom. The van der Waals surface area contributed by atoms with Crippen LogP contribution in [0.1, 0.15) is 18.7 Å². The van der Waals surface area contributed by atoms with Gasteiger partial charge in [0.15, 0.2) is 5.82 Å². The zero-order valence-electron chi connectivity index (χ0n) is 9.35. The number of nitrogens with one attached hydrogen (secondary N) is 2. The van der Waals surface area contributed by atoms with E-state index < -0.39 is 0 Å². The van der Waals surface area contributed by atoms with Crippen LogP contribution < -0.4 is 16.6 Å². The Hall–Kier alpha value is -1.63. The molecule has 7 nitrogen and oxygen atoms in total. The van der Waals surface area contributed by atoms with Gasteiger partial charge in [-0.15, -0.1) is 0 Å². The highest BCUT2D eigenvalue weighted by Crippen LogP contribution is 2.18. The van der Waals surface area contributed by atoms with E-state index in [9.17, 15) is 0 Å². The highest BCUT2D eigenvalue weighted by molar-refractivity contribution is 5.79. The van der Waals surface area contributed by atoms with Gasteiger partial charge in [0.05, 0.1) is 0 Å². The topological polar surface area (TPSA) is 93.2 Å². The number of aromatic nitrogens is 3. The molecule has 88 valence electrons. The molecule has 1 aromatic heterocycles. The van der Waals surface area contributed by atoms with E-state index in [-0.39, 0.29) is 0 Å². The van der Waals surface area contributed by atoms with Gasteiger partial charge in [-0.2, -0.15) is 5.10 Å². The number of nitrogens with two attached hydrogens (primary N) is 1. The van der Waals surface area contributed by atoms with Gasteiger partial charge in [-0.25, -0.2) is 10.8 Å². The van der Waals surface area contributed by atoms with Crippen LogP contribution in [0.5, 0.6) is 0 Å². The van der Waals surface area contributed by atoms with Crippen molar-refractivity contribution in [2.45, 2.75) is 25.3 Å². The summed E-state index contributed by atoms with van der Waals surface area (Å²) in [6.07, 6.45) is 4.80. The average molecular weight is 223 g/mol. The van der Waals surface area contributed by atoms with Gasteiger partial charge < -0.3 is 5.32 Å². The minimum Gasteiger partial charge on any atom is -0.353 e. The molecule has 1 aliphatic rings. The molecule has 0 radical (unpaired) electrons. The number of hydrogen-bond donors (Lipinski definition) is 3. The molecule has 1 aliphatic carbocycles. The number of rotatable bonds is 4. The SMILES string of the molecule is Cn1cnc(CCN=C(NN)NC2CC2)n1. The van der Waals surface area contributed by atoms with Crippen molar-refractivity contribution in [3.63, 3.8) is 0 Å². The Morgan fingerprint density at radius 2 is 2.50 bits per heavy atom. The van der Waals surface area contributed by atoms with E-state index in [1.54, 1.807) is 11.0 Å². The molecule has 2 rings (SSSR count). The smallest absolute Gasteiger partial charge is 0.205 e. The first-order valence-corrected chi connectivity index (χ1v) is 5.40. The standard InChI is InChI=1S/C9H17N7/c1-16-6-12-8(15-16)4-5-11-9(14-10)13-7-2-3-7/h6-7H,2-5,10H2,1H3,(H2,11,13,14). The predicted octanol–water partition coefficient (Wildman–Crippen LogP) is -1.07. The van der Waals surface area contributed by atoms with Crippen LogP contribution in [0, 0.1) is 0 Å². The molecule has 0 amide bonds. The van der Waals surface area contributed by atoms with Gasteiger partial charge in [0, 0.05) is 26.1 Å². The van der Waals surface area contributed by atoms with Gasteiger partial charge in [-0.05, 0) is 12.8 Å². The van der Waals surface area contributed by atoms with Crippen molar-refractivity contribution in [1.29, 1.82) is 0 Å². The number of aliphatic imine (C=N–C) groups is 1. The van der Waals surface area contributed by atoms with Crippen LogP contribution in [-0.2, 0) is 13.5 Å². The van der Waals surface area contributed by atoms with Crippen LogP contribution in [0.4, 0.5) is 0 Å². The number of aryl methyl sites for hydroxylation is 1. The van der Waals surface area contributed by atoms with Crippen molar-refractivity contribution < 1.29 is 0 Å². The summed E-state index contributed by atoms with van der Waals surface area (Å²) in [5.74, 6) is 6.81. The predicted molar refractivity (Wildman–Crippen MR) is 60.5 cm³/mol. The lowest BCUT2D eigenvalue weighted by molar-refractivity contribution is 0.736. The van der Waals surface area contributed by atoms with E-state index in [1.807, 2.05) is 7.05 Å². The van der Waals surface area contributed by atoms with Gasteiger partial charge in [0.1, 0.15) is 6.33 Å². The molecule has 0 saturated heterocycles. The van der Waals surface area contributed by atoms with Gasteiger partial charge in [0.2, 0.25) is 5.96 Å². The molecule has 0 aromatic carbocycles. The summed E-state index contributed by atoms with van der Waals surface area (Å²) in [6, 6.07) is 0.544. The van der Waals surface area contributed by atoms with Crippen LogP contribution in [-0.4, -0.2) is 33.3 Å². The van der Waals surface area contributed by atoms with Crippen molar-refractivity contribution in [2.75, 3.05) is 6.54 Å². The highest BCUT2D eigenvalue weighted by atomic mass is 15.3. The average Bonchev–Trinajstić information content (AvgIpc) is 3.00. The molecular weight excluding hydrogens is 206 g/mol. The van der Waals surface area contributed by atoms with Crippen LogP contribution >= 0.6 is 0 Å². The monoisotopic (exact) mass is 223 g/mol. The van der Waals surface area contributed by atoms with E-state index in [2.05, 4.69) is 25.8 Å². The zero-order chi connectivity index (χ0) is 11.4. The third-order valence-electron chi connectivity index (χ3n) is 2.31. The quantitative estimate of drug-likeness (QED) is 0.261. The first-order chi connectivity index (χ1) is 7.78. The van der Waals surface area contributed by atoms with E-state index >= 15 is 0 Å². The molecule has 1 saturated carbocycles. The fourth-order valence-electron chi connectivity index (χ4n) is 1.32. The molecule has 0 atom stereocenters. The van der Waals surface area contributed by atoms with E-state index in [0.717, 1.165) is 12.2 Å². The maximum absolute atomic E-state index is 5.35. The summed E-state index contributed by atoms with van der Waals surface area (Å²) in [4.78, 5) is 8.43. The third kappa shape index (κ3) is 3.20. The fraction of sp³-hybridized carbons (Fsp3) is 0.667. The second-order valence-corrected chi connectivity index (χ2v) is 3.88. The molecule has 0 aliphatic heterocycles. The second kappa shape index (κ2) is 4.93. The van der Waals surface area contributed by atoms with Gasteiger partial charge in [-0.3, -0.25) is 15.1 Å². The van der Waals surface area contributed by atoms with Gasteiger partial charge in [0.25, 0.3) is 0 Å². The van der Waals surface area contributed by atoms with Crippen LogP contribution in [0.15, 0.2) is 11.3 Å². The first kappa shape index (κ1) is 10.9.